The third kappa shape index (κ3) is 2.79. The second kappa shape index (κ2) is 6.03. The van der Waals surface area contributed by atoms with E-state index in [0.717, 1.165) is 4.90 Å². The normalized spacial score (nSPS) is 25.2. The number of aromatic nitrogens is 2. The molecule has 0 aromatic carbocycles. The summed E-state index contributed by atoms with van der Waals surface area (Å²) in [5, 5.41) is 13.9. The number of carbonyl (C=O) groups is 1. The van der Waals surface area contributed by atoms with E-state index in [0.29, 0.717) is 31.1 Å². The van der Waals surface area contributed by atoms with Crippen LogP contribution in [0.4, 0.5) is 8.78 Å². The fraction of sp³-hybridized carbons (Fsp3) is 0.800. The summed E-state index contributed by atoms with van der Waals surface area (Å²) in [6, 6.07) is -0.432. The number of likely N-dealkylation sites (N-methyl/N-ethyl adjacent to an activating group) is 1. The van der Waals surface area contributed by atoms with Crippen LogP contribution in [0.5, 0.6) is 0 Å². The van der Waals surface area contributed by atoms with Gasteiger partial charge in [0.05, 0.1) is 0 Å². The van der Waals surface area contributed by atoms with Crippen molar-refractivity contribution < 1.29 is 23.2 Å². The fourth-order valence-corrected chi connectivity index (χ4v) is 3.44. The van der Waals surface area contributed by atoms with Crippen molar-refractivity contribution in [1.82, 2.24) is 19.9 Å². The number of rotatable bonds is 3. The Morgan fingerprint density at radius 1 is 1.38 bits per heavy atom. The number of aliphatic hydroxyl groups is 1. The molecule has 1 saturated heterocycles. The molecule has 1 atom stereocenters. The molecule has 1 aliphatic carbocycles. The lowest BCUT2D eigenvalue weighted by atomic mass is 9.92. The number of amides is 1. The van der Waals surface area contributed by atoms with Crippen LogP contribution in [-0.2, 0) is 4.79 Å². The summed E-state index contributed by atoms with van der Waals surface area (Å²) in [4.78, 5) is 19.6. The lowest BCUT2D eigenvalue weighted by molar-refractivity contribution is -0.202. The molecule has 1 saturated carbocycles. The average molecular weight is 344 g/mol. The monoisotopic (exact) mass is 344 g/mol. The van der Waals surface area contributed by atoms with Crippen LogP contribution < -0.4 is 0 Å². The van der Waals surface area contributed by atoms with Crippen molar-refractivity contribution in [3.8, 4) is 0 Å². The van der Waals surface area contributed by atoms with Gasteiger partial charge in [0.1, 0.15) is 11.6 Å². The van der Waals surface area contributed by atoms with Gasteiger partial charge in [-0.3, -0.25) is 9.69 Å². The third-order valence-electron chi connectivity index (χ3n) is 5.05. The smallest absolute Gasteiger partial charge is 0.352 e. The first-order valence-corrected chi connectivity index (χ1v) is 8.14. The van der Waals surface area contributed by atoms with Crippen LogP contribution in [0.2, 0.25) is 0 Å². The first-order valence-electron chi connectivity index (χ1n) is 8.14. The van der Waals surface area contributed by atoms with Crippen molar-refractivity contribution in [3.05, 3.63) is 11.7 Å². The Hall–Kier alpha value is -1.61. The van der Waals surface area contributed by atoms with E-state index in [1.54, 1.807) is 6.92 Å². The van der Waals surface area contributed by atoms with Gasteiger partial charge in [-0.1, -0.05) is 18.0 Å². The van der Waals surface area contributed by atoms with Crippen LogP contribution in [0.3, 0.4) is 0 Å². The highest BCUT2D eigenvalue weighted by atomic mass is 19.3. The van der Waals surface area contributed by atoms with Crippen molar-refractivity contribution in [2.45, 2.75) is 50.2 Å². The maximum Gasteiger partial charge on any atom is 0.352 e. The molecule has 24 heavy (non-hydrogen) atoms. The second-order valence-corrected chi connectivity index (χ2v) is 6.74. The number of piperazine rings is 1. The molecule has 2 fully saturated rings. The van der Waals surface area contributed by atoms with Gasteiger partial charge in [0, 0.05) is 19.6 Å². The molecule has 2 heterocycles. The topological polar surface area (TPSA) is 82.7 Å². The summed E-state index contributed by atoms with van der Waals surface area (Å²) >= 11 is 0. The van der Waals surface area contributed by atoms with E-state index in [4.69, 9.17) is 4.52 Å². The van der Waals surface area contributed by atoms with Crippen LogP contribution in [0.1, 0.15) is 43.4 Å². The molecule has 1 aromatic heterocycles. The van der Waals surface area contributed by atoms with E-state index in [1.807, 2.05) is 11.9 Å². The highest BCUT2D eigenvalue weighted by Crippen LogP contribution is 2.43. The minimum Gasteiger partial charge on any atom is -0.383 e. The van der Waals surface area contributed by atoms with Crippen LogP contribution >= 0.6 is 0 Å². The molecule has 9 heteroatoms. The van der Waals surface area contributed by atoms with Crippen molar-refractivity contribution in [1.29, 1.82) is 0 Å². The predicted molar refractivity (Wildman–Crippen MR) is 79.4 cm³/mol. The average Bonchev–Trinajstić information content (AvgIpc) is 3.17. The van der Waals surface area contributed by atoms with Crippen molar-refractivity contribution in [2.75, 3.05) is 26.7 Å². The van der Waals surface area contributed by atoms with E-state index < -0.39 is 23.5 Å². The Morgan fingerprint density at radius 3 is 2.62 bits per heavy atom. The van der Waals surface area contributed by atoms with Crippen LogP contribution in [0.25, 0.3) is 0 Å². The van der Waals surface area contributed by atoms with Gasteiger partial charge in [-0.05, 0) is 26.8 Å². The maximum absolute atomic E-state index is 14.6. The van der Waals surface area contributed by atoms with Crippen molar-refractivity contribution >= 4 is 5.91 Å². The fourth-order valence-electron chi connectivity index (χ4n) is 3.44. The number of alkyl halides is 2. The number of nitrogens with zero attached hydrogens (tertiary/aromatic N) is 4. The minimum absolute atomic E-state index is 0.0304. The molecular formula is C15H22F2N4O3. The molecule has 1 aromatic rings. The van der Waals surface area contributed by atoms with Gasteiger partial charge >= 0.3 is 5.92 Å². The van der Waals surface area contributed by atoms with Crippen LogP contribution in [0.15, 0.2) is 4.52 Å². The van der Waals surface area contributed by atoms with Gasteiger partial charge < -0.3 is 14.5 Å². The summed E-state index contributed by atoms with van der Waals surface area (Å²) in [7, 11) is 1.81. The molecule has 3 rings (SSSR count). The number of aryl methyl sites for hydroxylation is 1. The maximum atomic E-state index is 14.6. The summed E-state index contributed by atoms with van der Waals surface area (Å²) in [6.07, 6.45) is 0.912. The number of halogens is 2. The van der Waals surface area contributed by atoms with Gasteiger partial charge in [-0.25, -0.2) is 0 Å². The van der Waals surface area contributed by atoms with Gasteiger partial charge in [0.15, 0.2) is 5.82 Å². The largest absolute Gasteiger partial charge is 0.383 e. The Bertz CT molecular complexity index is 616. The number of hydrogen-bond donors (Lipinski definition) is 1. The van der Waals surface area contributed by atoms with E-state index in [-0.39, 0.29) is 25.9 Å². The first-order chi connectivity index (χ1) is 11.2. The molecule has 0 bridgehead atoms. The van der Waals surface area contributed by atoms with Crippen LogP contribution in [0, 0.1) is 6.92 Å². The molecule has 7 nitrogen and oxygen atoms in total. The number of hydrogen-bond acceptors (Lipinski definition) is 6. The molecule has 134 valence electrons. The molecule has 1 N–H and O–H groups in total. The van der Waals surface area contributed by atoms with Gasteiger partial charge in [0.2, 0.25) is 5.89 Å². The first kappa shape index (κ1) is 17.2. The molecule has 0 radical (unpaired) electrons. The minimum atomic E-state index is -3.78. The summed E-state index contributed by atoms with van der Waals surface area (Å²) in [6.45, 7) is 2.28. The Labute approximate surface area is 138 Å². The van der Waals surface area contributed by atoms with Gasteiger partial charge in [0.25, 0.3) is 5.91 Å². The highest BCUT2D eigenvalue weighted by Gasteiger charge is 2.60. The molecule has 2 aliphatic rings. The third-order valence-corrected chi connectivity index (χ3v) is 5.05. The van der Waals surface area contributed by atoms with E-state index in [9.17, 15) is 18.7 Å². The Kier molecular flexibility index (Phi) is 4.33. The molecule has 1 aliphatic heterocycles. The van der Waals surface area contributed by atoms with E-state index in [1.165, 1.54) is 0 Å². The van der Waals surface area contributed by atoms with Crippen molar-refractivity contribution in [3.63, 3.8) is 0 Å². The zero-order valence-electron chi connectivity index (χ0n) is 13.8. The lowest BCUT2D eigenvalue weighted by Crippen LogP contribution is -2.60. The van der Waals surface area contributed by atoms with Crippen molar-refractivity contribution in [2.24, 2.45) is 0 Å². The SMILES string of the molecule is Cc1noc(C2CN(C(=O)C(F)(F)C3(O)CCCC3)CCN2C)n1. The summed E-state index contributed by atoms with van der Waals surface area (Å²) in [5.74, 6) is -4.35. The zero-order chi connectivity index (χ0) is 17.5. The zero-order valence-corrected chi connectivity index (χ0v) is 13.8. The summed E-state index contributed by atoms with van der Waals surface area (Å²) in [5.41, 5.74) is -2.23. The molecule has 1 unspecified atom stereocenters. The van der Waals surface area contributed by atoms with Gasteiger partial charge in [-0.2, -0.15) is 13.8 Å². The van der Waals surface area contributed by atoms with Crippen LogP contribution in [-0.4, -0.2) is 69.2 Å². The van der Waals surface area contributed by atoms with E-state index >= 15 is 0 Å². The van der Waals surface area contributed by atoms with E-state index in [2.05, 4.69) is 10.1 Å². The highest BCUT2D eigenvalue weighted by molar-refractivity contribution is 5.85. The Balaban J connectivity index is 1.78. The lowest BCUT2D eigenvalue weighted by Gasteiger charge is -2.41. The summed E-state index contributed by atoms with van der Waals surface area (Å²) < 4.78 is 34.4. The second-order valence-electron chi connectivity index (χ2n) is 6.74. The van der Waals surface area contributed by atoms with Gasteiger partial charge in [-0.15, -0.1) is 0 Å². The molecule has 1 amide bonds. The predicted octanol–water partition coefficient (Wildman–Crippen LogP) is 1.13. The Morgan fingerprint density at radius 2 is 2.04 bits per heavy atom. The quantitative estimate of drug-likeness (QED) is 0.885. The number of carbonyl (C=O) groups excluding carboxylic acids is 1. The molecule has 0 spiro atoms. The standard InChI is InChI=1S/C15H22F2N4O3/c1-10-18-12(24-19-10)11-9-21(8-7-20(11)2)13(22)15(16,17)14(23)5-3-4-6-14/h11,23H,3-9H2,1-2H3. The molecular weight excluding hydrogens is 322 g/mol.